The molecular formula is C15H11N3S. The molecule has 0 N–H and O–H groups in total. The number of rotatable bonds is 1. The summed E-state index contributed by atoms with van der Waals surface area (Å²) in [6.45, 7) is 3.94. The Morgan fingerprint density at radius 3 is 2.42 bits per heavy atom. The standard InChI is InChI=1S/C15H11N3S/c1-9-3-5-11-7-13(16-8-19)12-6-4-10(2)18-15(12)14(11)17-9/h3-7H,1-2H3. The molecule has 0 fully saturated rings. The van der Waals surface area contributed by atoms with E-state index in [1.165, 1.54) is 0 Å². The molecule has 0 bridgehead atoms. The summed E-state index contributed by atoms with van der Waals surface area (Å²) in [7, 11) is 0. The molecule has 0 unspecified atom stereocenters. The van der Waals surface area contributed by atoms with Gasteiger partial charge in [0.25, 0.3) is 0 Å². The highest BCUT2D eigenvalue weighted by Crippen LogP contribution is 2.31. The molecule has 0 aliphatic rings. The fraction of sp³-hybridized carbons (Fsp3) is 0.133. The van der Waals surface area contributed by atoms with Crippen LogP contribution in [0.3, 0.4) is 0 Å². The normalized spacial score (nSPS) is 10.6. The quantitative estimate of drug-likeness (QED) is 0.377. The van der Waals surface area contributed by atoms with Gasteiger partial charge in [-0.05, 0) is 50.3 Å². The molecule has 0 saturated carbocycles. The Labute approximate surface area is 116 Å². The minimum atomic E-state index is 0.788. The fourth-order valence-electron chi connectivity index (χ4n) is 2.18. The van der Waals surface area contributed by atoms with Crippen LogP contribution in [0.1, 0.15) is 11.4 Å². The van der Waals surface area contributed by atoms with Crippen molar-refractivity contribution < 1.29 is 0 Å². The zero-order valence-electron chi connectivity index (χ0n) is 10.6. The zero-order valence-corrected chi connectivity index (χ0v) is 11.5. The summed E-state index contributed by atoms with van der Waals surface area (Å²) in [4.78, 5) is 13.3. The van der Waals surface area contributed by atoms with Crippen molar-refractivity contribution in [3.05, 3.63) is 41.7 Å². The molecular weight excluding hydrogens is 254 g/mol. The number of pyridine rings is 2. The largest absolute Gasteiger partial charge is 0.251 e. The van der Waals surface area contributed by atoms with E-state index in [0.717, 1.165) is 38.9 Å². The second kappa shape index (κ2) is 4.50. The Kier molecular flexibility index (Phi) is 2.82. The van der Waals surface area contributed by atoms with Gasteiger partial charge in [0, 0.05) is 22.2 Å². The third-order valence-electron chi connectivity index (χ3n) is 3.06. The SMILES string of the molecule is Cc1ccc2cc(N=C=S)c3ccc(C)nc3c2n1. The summed E-state index contributed by atoms with van der Waals surface area (Å²) in [6.07, 6.45) is 0. The molecule has 1 aromatic carbocycles. The molecule has 0 atom stereocenters. The molecule has 0 radical (unpaired) electrons. The molecule has 2 heterocycles. The lowest BCUT2D eigenvalue weighted by Gasteiger charge is -2.07. The topological polar surface area (TPSA) is 38.1 Å². The second-order valence-corrected chi connectivity index (χ2v) is 4.65. The van der Waals surface area contributed by atoms with Crippen LogP contribution >= 0.6 is 12.2 Å². The first-order valence-electron chi connectivity index (χ1n) is 5.94. The highest BCUT2D eigenvalue weighted by Gasteiger charge is 2.09. The third kappa shape index (κ3) is 2.01. The first kappa shape index (κ1) is 11.9. The summed E-state index contributed by atoms with van der Waals surface area (Å²) in [5, 5.41) is 4.39. The van der Waals surface area contributed by atoms with Gasteiger partial charge in [0.15, 0.2) is 0 Å². The number of aliphatic imine (C=N–C) groups is 1. The van der Waals surface area contributed by atoms with Gasteiger partial charge in [0.1, 0.15) is 0 Å². The molecule has 0 amide bonds. The van der Waals surface area contributed by atoms with E-state index in [1.54, 1.807) is 0 Å². The Hall–Kier alpha value is -2.16. The van der Waals surface area contributed by atoms with Crippen molar-refractivity contribution in [1.29, 1.82) is 0 Å². The van der Waals surface area contributed by atoms with Gasteiger partial charge in [0.2, 0.25) is 0 Å². The van der Waals surface area contributed by atoms with Crippen molar-refractivity contribution in [3.63, 3.8) is 0 Å². The van der Waals surface area contributed by atoms with Crippen molar-refractivity contribution in [1.82, 2.24) is 9.97 Å². The van der Waals surface area contributed by atoms with Crippen molar-refractivity contribution in [3.8, 4) is 0 Å². The van der Waals surface area contributed by atoms with Crippen LogP contribution in [0.4, 0.5) is 5.69 Å². The molecule has 0 aliphatic heterocycles. The maximum absolute atomic E-state index is 4.71. The summed E-state index contributed by atoms with van der Waals surface area (Å²) >= 11 is 4.71. The van der Waals surface area contributed by atoms with Crippen molar-refractivity contribution in [2.24, 2.45) is 4.99 Å². The van der Waals surface area contributed by atoms with Crippen LogP contribution < -0.4 is 0 Å². The van der Waals surface area contributed by atoms with Crippen LogP contribution in [-0.2, 0) is 0 Å². The van der Waals surface area contributed by atoms with E-state index in [1.807, 2.05) is 44.2 Å². The Morgan fingerprint density at radius 1 is 1.00 bits per heavy atom. The number of fused-ring (bicyclic) bond motifs is 3. The minimum Gasteiger partial charge on any atom is -0.251 e. The predicted octanol–water partition coefficient (Wildman–Crippen LogP) is 4.13. The maximum Gasteiger partial charge on any atom is 0.0989 e. The number of hydrogen-bond acceptors (Lipinski definition) is 4. The fourth-order valence-corrected chi connectivity index (χ4v) is 2.28. The summed E-state index contributed by atoms with van der Waals surface area (Å²) in [5.41, 5.74) is 4.49. The Morgan fingerprint density at radius 2 is 1.68 bits per heavy atom. The third-order valence-corrected chi connectivity index (χ3v) is 3.15. The molecule has 3 aromatic rings. The first-order chi connectivity index (χ1) is 9.19. The highest BCUT2D eigenvalue weighted by atomic mass is 32.1. The smallest absolute Gasteiger partial charge is 0.0989 e. The highest BCUT2D eigenvalue weighted by molar-refractivity contribution is 7.78. The van der Waals surface area contributed by atoms with E-state index < -0.39 is 0 Å². The van der Waals surface area contributed by atoms with E-state index in [2.05, 4.69) is 20.1 Å². The molecule has 0 spiro atoms. The minimum absolute atomic E-state index is 0.788. The number of aromatic nitrogens is 2. The molecule has 4 heteroatoms. The number of hydrogen-bond donors (Lipinski definition) is 0. The Bertz CT molecular complexity index is 849. The summed E-state index contributed by atoms with van der Waals surface area (Å²) in [5.74, 6) is 0. The first-order valence-corrected chi connectivity index (χ1v) is 6.35. The van der Waals surface area contributed by atoms with E-state index in [0.29, 0.717) is 0 Å². The lowest BCUT2D eigenvalue weighted by Crippen LogP contribution is -1.90. The molecule has 92 valence electrons. The van der Waals surface area contributed by atoms with Gasteiger partial charge >= 0.3 is 0 Å². The monoisotopic (exact) mass is 265 g/mol. The van der Waals surface area contributed by atoms with E-state index in [9.17, 15) is 0 Å². The maximum atomic E-state index is 4.71. The van der Waals surface area contributed by atoms with Crippen LogP contribution in [0.2, 0.25) is 0 Å². The van der Waals surface area contributed by atoms with Gasteiger partial charge in [-0.15, -0.1) is 0 Å². The number of aryl methyl sites for hydroxylation is 2. The van der Waals surface area contributed by atoms with Crippen molar-refractivity contribution in [2.75, 3.05) is 0 Å². The van der Waals surface area contributed by atoms with E-state index in [4.69, 9.17) is 12.2 Å². The number of thiocarbonyl (C=S) groups is 1. The summed E-state index contributed by atoms with van der Waals surface area (Å²) < 4.78 is 0. The average Bonchev–Trinajstić information content (AvgIpc) is 2.40. The lowest BCUT2D eigenvalue weighted by molar-refractivity contribution is 1.23. The van der Waals surface area contributed by atoms with Crippen LogP contribution in [0.5, 0.6) is 0 Å². The molecule has 19 heavy (non-hydrogen) atoms. The van der Waals surface area contributed by atoms with Crippen molar-refractivity contribution in [2.45, 2.75) is 13.8 Å². The number of nitrogens with zero attached hydrogens (tertiary/aromatic N) is 3. The molecule has 0 aliphatic carbocycles. The van der Waals surface area contributed by atoms with Crippen molar-refractivity contribution >= 4 is 44.9 Å². The second-order valence-electron chi connectivity index (χ2n) is 4.47. The molecule has 3 rings (SSSR count). The molecule has 0 saturated heterocycles. The van der Waals surface area contributed by atoms with Gasteiger partial charge in [-0.3, -0.25) is 9.97 Å². The van der Waals surface area contributed by atoms with Crippen LogP contribution in [0.15, 0.2) is 35.3 Å². The molecule has 3 nitrogen and oxygen atoms in total. The lowest BCUT2D eigenvalue weighted by atomic mass is 10.1. The van der Waals surface area contributed by atoms with Crippen LogP contribution in [0, 0.1) is 13.8 Å². The van der Waals surface area contributed by atoms with Gasteiger partial charge in [-0.1, -0.05) is 6.07 Å². The number of isothiocyanates is 1. The van der Waals surface area contributed by atoms with Crippen LogP contribution in [-0.4, -0.2) is 15.1 Å². The average molecular weight is 265 g/mol. The van der Waals surface area contributed by atoms with E-state index in [-0.39, 0.29) is 0 Å². The van der Waals surface area contributed by atoms with Gasteiger partial charge in [0.05, 0.1) is 21.9 Å². The number of benzene rings is 1. The van der Waals surface area contributed by atoms with E-state index >= 15 is 0 Å². The van der Waals surface area contributed by atoms with Gasteiger partial charge < -0.3 is 0 Å². The predicted molar refractivity (Wildman–Crippen MR) is 81.2 cm³/mol. The summed E-state index contributed by atoms with van der Waals surface area (Å²) in [6, 6.07) is 9.96. The van der Waals surface area contributed by atoms with Gasteiger partial charge in [-0.25, -0.2) is 0 Å². The molecule has 2 aromatic heterocycles. The van der Waals surface area contributed by atoms with Crippen LogP contribution in [0.25, 0.3) is 21.8 Å². The van der Waals surface area contributed by atoms with Gasteiger partial charge in [-0.2, -0.15) is 4.99 Å². The Balaban J connectivity index is 2.57. The zero-order chi connectivity index (χ0) is 13.4.